The van der Waals surface area contributed by atoms with Crippen LogP contribution in [0.3, 0.4) is 0 Å². The first-order chi connectivity index (χ1) is 9.58. The molecule has 0 amide bonds. The minimum absolute atomic E-state index is 0.518. The highest BCUT2D eigenvalue weighted by atomic mass is 79.9. The summed E-state index contributed by atoms with van der Waals surface area (Å²) in [5.74, 6) is 1.12. The molecule has 0 aromatic heterocycles. The van der Waals surface area contributed by atoms with E-state index in [1.807, 2.05) is 0 Å². The molecule has 106 valence electrons. The lowest BCUT2D eigenvalue weighted by Crippen LogP contribution is -2.18. The summed E-state index contributed by atoms with van der Waals surface area (Å²) < 4.78 is 1.13. The van der Waals surface area contributed by atoms with E-state index < -0.39 is 0 Å². The number of nitrogens with one attached hydrogen (secondary N) is 1. The van der Waals surface area contributed by atoms with Gasteiger partial charge < -0.3 is 5.32 Å². The predicted molar refractivity (Wildman–Crippen MR) is 91.4 cm³/mol. The fraction of sp³-hybridized carbons (Fsp3) is 0.333. The molecule has 1 nitrogen and oxygen atoms in total. The Bertz CT molecular complexity index is 549. The van der Waals surface area contributed by atoms with Gasteiger partial charge in [0.2, 0.25) is 0 Å². The van der Waals surface area contributed by atoms with Gasteiger partial charge in [-0.1, -0.05) is 50.2 Å². The van der Waals surface area contributed by atoms with E-state index in [1.54, 1.807) is 0 Å². The van der Waals surface area contributed by atoms with Crippen molar-refractivity contribution in [1.82, 2.24) is 0 Å². The van der Waals surface area contributed by atoms with Crippen molar-refractivity contribution in [1.29, 1.82) is 0 Å². The number of anilines is 1. The second-order valence-corrected chi connectivity index (χ2v) is 6.48. The van der Waals surface area contributed by atoms with Crippen LogP contribution in [-0.4, -0.2) is 6.54 Å². The molecule has 2 aromatic rings. The number of aryl methyl sites for hydroxylation is 1. The fourth-order valence-corrected chi connectivity index (χ4v) is 3.06. The Hall–Kier alpha value is -1.28. The van der Waals surface area contributed by atoms with Crippen LogP contribution in [0.25, 0.3) is 0 Å². The lowest BCUT2D eigenvalue weighted by atomic mass is 9.88. The molecule has 0 fully saturated rings. The van der Waals surface area contributed by atoms with Gasteiger partial charge in [0.05, 0.1) is 0 Å². The first kappa shape index (κ1) is 15.1. The molecule has 0 spiro atoms. The van der Waals surface area contributed by atoms with E-state index in [0.29, 0.717) is 11.8 Å². The second-order valence-electron chi connectivity index (χ2n) is 5.63. The highest BCUT2D eigenvalue weighted by Gasteiger charge is 2.15. The van der Waals surface area contributed by atoms with Crippen molar-refractivity contribution in [3.63, 3.8) is 0 Å². The average Bonchev–Trinajstić information content (AvgIpc) is 2.42. The minimum atomic E-state index is 0.518. The van der Waals surface area contributed by atoms with E-state index in [9.17, 15) is 0 Å². The maximum absolute atomic E-state index is 3.63. The summed E-state index contributed by atoms with van der Waals surface area (Å²) in [6.45, 7) is 7.62. The van der Waals surface area contributed by atoms with Crippen molar-refractivity contribution in [2.45, 2.75) is 26.7 Å². The molecule has 0 saturated heterocycles. The maximum Gasteiger partial charge on any atom is 0.0485 e. The molecule has 0 radical (unpaired) electrons. The Morgan fingerprint density at radius 2 is 1.75 bits per heavy atom. The van der Waals surface area contributed by atoms with Gasteiger partial charge >= 0.3 is 0 Å². The number of rotatable bonds is 5. The van der Waals surface area contributed by atoms with Crippen LogP contribution in [0, 0.1) is 12.8 Å². The van der Waals surface area contributed by atoms with E-state index in [2.05, 4.69) is 90.5 Å². The molecule has 0 bridgehead atoms. The monoisotopic (exact) mass is 331 g/mol. The lowest BCUT2D eigenvalue weighted by Gasteiger charge is -2.23. The standard InChI is InChI=1S/C18H22BrN/c1-13(2)16(15-7-5-4-6-8-15)12-20-18-10-9-14(3)11-17(18)19/h4-11,13,16,20H,12H2,1-3H3. The summed E-state index contributed by atoms with van der Waals surface area (Å²) in [7, 11) is 0. The first-order valence-electron chi connectivity index (χ1n) is 7.13. The van der Waals surface area contributed by atoms with Crippen LogP contribution in [0.2, 0.25) is 0 Å². The van der Waals surface area contributed by atoms with Crippen molar-refractivity contribution in [3.8, 4) is 0 Å². The Labute approximate surface area is 130 Å². The minimum Gasteiger partial charge on any atom is -0.384 e. The highest BCUT2D eigenvalue weighted by molar-refractivity contribution is 9.10. The van der Waals surface area contributed by atoms with Crippen molar-refractivity contribution in [2.75, 3.05) is 11.9 Å². The molecule has 2 heteroatoms. The molecule has 20 heavy (non-hydrogen) atoms. The SMILES string of the molecule is Cc1ccc(NCC(c2ccccc2)C(C)C)c(Br)c1. The summed E-state index contributed by atoms with van der Waals surface area (Å²) in [5.41, 5.74) is 3.83. The number of hydrogen-bond donors (Lipinski definition) is 1. The molecule has 1 atom stereocenters. The fourth-order valence-electron chi connectivity index (χ4n) is 2.42. The van der Waals surface area contributed by atoms with Crippen LogP contribution >= 0.6 is 15.9 Å². The van der Waals surface area contributed by atoms with Gasteiger partial charge in [-0.15, -0.1) is 0 Å². The first-order valence-corrected chi connectivity index (χ1v) is 7.92. The molecule has 0 aliphatic rings. The van der Waals surface area contributed by atoms with Crippen molar-refractivity contribution < 1.29 is 0 Å². The Morgan fingerprint density at radius 1 is 1.05 bits per heavy atom. The molecular formula is C18H22BrN. The van der Waals surface area contributed by atoms with E-state index in [1.165, 1.54) is 11.1 Å². The van der Waals surface area contributed by atoms with Gasteiger partial charge in [0, 0.05) is 22.6 Å². The van der Waals surface area contributed by atoms with Crippen molar-refractivity contribution in [2.24, 2.45) is 5.92 Å². The maximum atomic E-state index is 3.63. The van der Waals surface area contributed by atoms with Gasteiger partial charge in [-0.3, -0.25) is 0 Å². The van der Waals surface area contributed by atoms with E-state index in [-0.39, 0.29) is 0 Å². The van der Waals surface area contributed by atoms with Crippen molar-refractivity contribution in [3.05, 3.63) is 64.1 Å². The van der Waals surface area contributed by atoms with Crippen LogP contribution in [-0.2, 0) is 0 Å². The zero-order valence-electron chi connectivity index (χ0n) is 12.4. The summed E-state index contributed by atoms with van der Waals surface area (Å²) in [4.78, 5) is 0. The van der Waals surface area contributed by atoms with Gasteiger partial charge in [0.1, 0.15) is 0 Å². The Kier molecular flexibility index (Phi) is 5.24. The summed E-state index contributed by atoms with van der Waals surface area (Å²) in [6.07, 6.45) is 0. The second kappa shape index (κ2) is 6.94. The summed E-state index contributed by atoms with van der Waals surface area (Å²) >= 11 is 3.63. The smallest absolute Gasteiger partial charge is 0.0485 e. The molecule has 1 N–H and O–H groups in total. The Balaban J connectivity index is 2.10. The average molecular weight is 332 g/mol. The molecule has 0 aliphatic heterocycles. The van der Waals surface area contributed by atoms with Gasteiger partial charge in [-0.25, -0.2) is 0 Å². The zero-order chi connectivity index (χ0) is 14.5. The van der Waals surface area contributed by atoms with Gasteiger partial charge in [0.15, 0.2) is 0 Å². The van der Waals surface area contributed by atoms with Gasteiger partial charge in [-0.2, -0.15) is 0 Å². The third kappa shape index (κ3) is 3.86. The van der Waals surface area contributed by atoms with Crippen LogP contribution in [0.15, 0.2) is 53.0 Å². The van der Waals surface area contributed by atoms with Gasteiger partial charge in [-0.05, 0) is 52.0 Å². The van der Waals surface area contributed by atoms with E-state index >= 15 is 0 Å². The number of hydrogen-bond acceptors (Lipinski definition) is 1. The normalized spacial score (nSPS) is 12.4. The number of halogens is 1. The quantitative estimate of drug-likeness (QED) is 0.750. The topological polar surface area (TPSA) is 12.0 Å². The molecule has 0 heterocycles. The lowest BCUT2D eigenvalue weighted by molar-refractivity contribution is 0.517. The number of benzene rings is 2. The Morgan fingerprint density at radius 3 is 2.35 bits per heavy atom. The molecule has 0 aliphatic carbocycles. The highest BCUT2D eigenvalue weighted by Crippen LogP contribution is 2.28. The van der Waals surface area contributed by atoms with Crippen LogP contribution < -0.4 is 5.32 Å². The third-order valence-corrected chi connectivity index (χ3v) is 4.33. The molecule has 0 saturated carbocycles. The van der Waals surface area contributed by atoms with Crippen molar-refractivity contribution >= 4 is 21.6 Å². The largest absolute Gasteiger partial charge is 0.384 e. The third-order valence-electron chi connectivity index (χ3n) is 3.67. The zero-order valence-corrected chi connectivity index (χ0v) is 13.9. The van der Waals surface area contributed by atoms with Crippen LogP contribution in [0.4, 0.5) is 5.69 Å². The summed E-state index contributed by atoms with van der Waals surface area (Å²) in [5, 5.41) is 3.57. The van der Waals surface area contributed by atoms with E-state index in [4.69, 9.17) is 0 Å². The molecule has 2 rings (SSSR count). The molecule has 1 unspecified atom stereocenters. The van der Waals surface area contributed by atoms with Gasteiger partial charge in [0.25, 0.3) is 0 Å². The predicted octanol–water partition coefficient (Wildman–Crippen LogP) is 5.61. The van der Waals surface area contributed by atoms with Crippen LogP contribution in [0.1, 0.15) is 30.9 Å². The van der Waals surface area contributed by atoms with Crippen LogP contribution in [0.5, 0.6) is 0 Å². The molecular weight excluding hydrogens is 310 g/mol. The molecule has 2 aromatic carbocycles. The summed E-state index contributed by atoms with van der Waals surface area (Å²) in [6, 6.07) is 17.2. The van der Waals surface area contributed by atoms with E-state index in [0.717, 1.165) is 16.7 Å².